The smallest absolute Gasteiger partial charge is 0.241 e. The molecule has 1 aromatic rings. The number of carbonyl (C=O) groups is 1. The number of rotatable bonds is 3. The fourth-order valence-corrected chi connectivity index (χ4v) is 2.29. The second-order valence-corrected chi connectivity index (χ2v) is 4.90. The summed E-state index contributed by atoms with van der Waals surface area (Å²) in [5, 5.41) is 37.6. The quantitative estimate of drug-likeness (QED) is 0.442. The van der Waals surface area contributed by atoms with E-state index >= 15 is 0 Å². The van der Waals surface area contributed by atoms with Gasteiger partial charge in [0.1, 0.15) is 6.04 Å². The largest absolute Gasteiger partial charge is 0.504 e. The number of nitrogens with zero attached hydrogens (tertiary/aromatic N) is 2. The van der Waals surface area contributed by atoms with Crippen LogP contribution in [0.5, 0.6) is 17.2 Å². The van der Waals surface area contributed by atoms with Gasteiger partial charge in [0.15, 0.2) is 11.5 Å². The molecule has 0 saturated carbocycles. The number of anilines is 1. The Labute approximate surface area is 121 Å². The highest BCUT2D eigenvalue weighted by atomic mass is 16.3. The molecule has 2 rings (SSSR count). The molecule has 0 spiro atoms. The zero-order chi connectivity index (χ0) is 15.6. The standard InChI is InChI=1S/C13H19N3O5/c14-8(7-17)13(21)16-5-3-15(4-6-16)9-1-2-10(18)12(20)11(9)19/h1-2,8,17-20H,3-7,14H2/t8-/m0/s1. The monoisotopic (exact) mass is 297 g/mol. The van der Waals surface area contributed by atoms with Gasteiger partial charge in [-0.15, -0.1) is 0 Å². The van der Waals surface area contributed by atoms with E-state index in [9.17, 15) is 20.1 Å². The van der Waals surface area contributed by atoms with E-state index in [1.807, 2.05) is 0 Å². The van der Waals surface area contributed by atoms with Gasteiger partial charge in [-0.3, -0.25) is 4.79 Å². The summed E-state index contributed by atoms with van der Waals surface area (Å²) in [6, 6.07) is 1.88. The number of aromatic hydroxyl groups is 3. The summed E-state index contributed by atoms with van der Waals surface area (Å²) in [5.41, 5.74) is 5.89. The minimum Gasteiger partial charge on any atom is -0.504 e. The molecule has 1 aromatic carbocycles. The normalized spacial score (nSPS) is 16.9. The van der Waals surface area contributed by atoms with E-state index in [0.29, 0.717) is 31.9 Å². The highest BCUT2D eigenvalue weighted by molar-refractivity contribution is 5.82. The fourth-order valence-electron chi connectivity index (χ4n) is 2.29. The number of nitrogens with two attached hydrogens (primary N) is 1. The van der Waals surface area contributed by atoms with Crippen molar-refractivity contribution in [3.05, 3.63) is 12.1 Å². The number of benzene rings is 1. The van der Waals surface area contributed by atoms with Gasteiger partial charge in [-0.05, 0) is 12.1 Å². The van der Waals surface area contributed by atoms with Gasteiger partial charge < -0.3 is 36.0 Å². The molecule has 0 aromatic heterocycles. The number of hydrogen-bond acceptors (Lipinski definition) is 7. The van der Waals surface area contributed by atoms with Crippen molar-refractivity contribution in [3.63, 3.8) is 0 Å². The number of amides is 1. The Hall–Kier alpha value is -2.19. The summed E-state index contributed by atoms with van der Waals surface area (Å²) < 4.78 is 0. The molecule has 1 atom stereocenters. The van der Waals surface area contributed by atoms with E-state index in [2.05, 4.69) is 0 Å². The molecule has 21 heavy (non-hydrogen) atoms. The summed E-state index contributed by atoms with van der Waals surface area (Å²) in [6.45, 7) is 1.29. The Kier molecular flexibility index (Phi) is 4.39. The van der Waals surface area contributed by atoms with Gasteiger partial charge >= 0.3 is 0 Å². The van der Waals surface area contributed by atoms with Crippen LogP contribution in [0.25, 0.3) is 0 Å². The number of carbonyl (C=O) groups excluding carboxylic acids is 1. The van der Waals surface area contributed by atoms with Crippen LogP contribution in [0.2, 0.25) is 0 Å². The summed E-state index contributed by atoms with van der Waals surface area (Å²) in [7, 11) is 0. The number of aliphatic hydroxyl groups is 1. The third-order valence-electron chi connectivity index (χ3n) is 3.55. The van der Waals surface area contributed by atoms with E-state index in [1.54, 1.807) is 9.80 Å². The molecule has 6 N–H and O–H groups in total. The van der Waals surface area contributed by atoms with E-state index in [-0.39, 0.29) is 17.4 Å². The van der Waals surface area contributed by atoms with Crippen LogP contribution < -0.4 is 10.6 Å². The molecule has 1 saturated heterocycles. The molecular formula is C13H19N3O5. The number of phenols is 3. The average molecular weight is 297 g/mol. The molecule has 1 aliphatic heterocycles. The van der Waals surface area contributed by atoms with E-state index < -0.39 is 18.4 Å². The van der Waals surface area contributed by atoms with Gasteiger partial charge in [0.25, 0.3) is 0 Å². The molecule has 0 radical (unpaired) electrons. The van der Waals surface area contributed by atoms with Crippen LogP contribution in [0.1, 0.15) is 0 Å². The Morgan fingerprint density at radius 3 is 2.33 bits per heavy atom. The van der Waals surface area contributed by atoms with E-state index in [0.717, 1.165) is 0 Å². The lowest BCUT2D eigenvalue weighted by Gasteiger charge is -2.37. The van der Waals surface area contributed by atoms with Gasteiger partial charge in [0.05, 0.1) is 12.3 Å². The summed E-state index contributed by atoms with van der Waals surface area (Å²) in [4.78, 5) is 15.2. The first-order chi connectivity index (χ1) is 9.95. The Morgan fingerprint density at radius 2 is 1.76 bits per heavy atom. The molecule has 1 amide bonds. The first-order valence-corrected chi connectivity index (χ1v) is 6.59. The summed E-state index contributed by atoms with van der Waals surface area (Å²) in [6.07, 6.45) is 0. The van der Waals surface area contributed by atoms with Crippen molar-refractivity contribution >= 4 is 11.6 Å². The molecular weight excluding hydrogens is 278 g/mol. The Balaban J connectivity index is 2.05. The highest BCUT2D eigenvalue weighted by Crippen LogP contribution is 2.42. The zero-order valence-corrected chi connectivity index (χ0v) is 11.4. The molecule has 116 valence electrons. The van der Waals surface area contributed by atoms with Crippen LogP contribution in [0, 0.1) is 0 Å². The molecule has 1 aliphatic rings. The molecule has 8 heteroatoms. The van der Waals surface area contributed by atoms with Gasteiger partial charge in [-0.1, -0.05) is 0 Å². The first kappa shape index (κ1) is 15.2. The second kappa shape index (κ2) is 6.06. The van der Waals surface area contributed by atoms with Crippen LogP contribution in [0.3, 0.4) is 0 Å². The maximum Gasteiger partial charge on any atom is 0.241 e. The molecule has 0 bridgehead atoms. The predicted molar refractivity (Wildman–Crippen MR) is 75.3 cm³/mol. The van der Waals surface area contributed by atoms with Gasteiger partial charge in [-0.25, -0.2) is 0 Å². The lowest BCUT2D eigenvalue weighted by Crippen LogP contribution is -2.54. The van der Waals surface area contributed by atoms with E-state index in [4.69, 9.17) is 10.8 Å². The number of piperazine rings is 1. The number of aliphatic hydroxyl groups excluding tert-OH is 1. The third kappa shape index (κ3) is 2.96. The Bertz CT molecular complexity index is 529. The average Bonchev–Trinajstić information content (AvgIpc) is 2.51. The van der Waals surface area contributed by atoms with Crippen LogP contribution >= 0.6 is 0 Å². The van der Waals surface area contributed by atoms with Gasteiger partial charge in [0, 0.05) is 26.2 Å². The highest BCUT2D eigenvalue weighted by Gasteiger charge is 2.26. The topological polar surface area (TPSA) is 130 Å². The van der Waals surface area contributed by atoms with Crippen LogP contribution in [0.4, 0.5) is 5.69 Å². The van der Waals surface area contributed by atoms with Crippen LogP contribution in [0.15, 0.2) is 12.1 Å². The summed E-state index contributed by atoms with van der Waals surface area (Å²) >= 11 is 0. The molecule has 1 fully saturated rings. The maximum atomic E-state index is 11.8. The van der Waals surface area contributed by atoms with Crippen molar-refractivity contribution in [2.24, 2.45) is 5.73 Å². The van der Waals surface area contributed by atoms with Crippen molar-refractivity contribution < 1.29 is 25.2 Å². The van der Waals surface area contributed by atoms with Gasteiger partial charge in [-0.2, -0.15) is 0 Å². The van der Waals surface area contributed by atoms with Crippen molar-refractivity contribution in [2.75, 3.05) is 37.7 Å². The lowest BCUT2D eigenvalue weighted by molar-refractivity contribution is -0.133. The fraction of sp³-hybridized carbons (Fsp3) is 0.462. The van der Waals surface area contributed by atoms with Crippen molar-refractivity contribution in [3.8, 4) is 17.2 Å². The van der Waals surface area contributed by atoms with Crippen molar-refractivity contribution in [1.82, 2.24) is 4.90 Å². The second-order valence-electron chi connectivity index (χ2n) is 4.90. The SMILES string of the molecule is N[C@@H](CO)C(=O)N1CCN(c2ccc(O)c(O)c2O)CC1. The van der Waals surface area contributed by atoms with Crippen molar-refractivity contribution in [2.45, 2.75) is 6.04 Å². The van der Waals surface area contributed by atoms with Crippen LogP contribution in [-0.2, 0) is 4.79 Å². The molecule has 0 unspecified atom stereocenters. The first-order valence-electron chi connectivity index (χ1n) is 6.59. The lowest BCUT2D eigenvalue weighted by atomic mass is 10.2. The number of hydrogen-bond donors (Lipinski definition) is 5. The predicted octanol–water partition coefficient (Wildman–Crippen LogP) is -1.23. The molecule has 0 aliphatic carbocycles. The Morgan fingerprint density at radius 1 is 1.14 bits per heavy atom. The minimum absolute atomic E-state index is 0.310. The third-order valence-corrected chi connectivity index (χ3v) is 3.55. The minimum atomic E-state index is -0.914. The maximum absolute atomic E-state index is 11.8. The number of phenolic OH excluding ortho intramolecular Hbond substituents is 3. The summed E-state index contributed by atoms with van der Waals surface area (Å²) in [5.74, 6) is -1.65. The molecule has 1 heterocycles. The van der Waals surface area contributed by atoms with Gasteiger partial charge in [0.2, 0.25) is 11.7 Å². The van der Waals surface area contributed by atoms with Crippen LogP contribution in [-0.4, -0.2) is 70.1 Å². The van der Waals surface area contributed by atoms with E-state index in [1.165, 1.54) is 12.1 Å². The molecule has 8 nitrogen and oxygen atoms in total. The zero-order valence-electron chi connectivity index (χ0n) is 11.4. The van der Waals surface area contributed by atoms with Crippen molar-refractivity contribution in [1.29, 1.82) is 0 Å².